The van der Waals surface area contributed by atoms with Crippen LogP contribution in [0.5, 0.6) is 5.75 Å². The number of nitrogens with zero attached hydrogens (tertiary/aromatic N) is 3. The fourth-order valence-electron chi connectivity index (χ4n) is 3.36. The lowest BCUT2D eigenvalue weighted by atomic mass is 9.95. The van der Waals surface area contributed by atoms with Crippen LogP contribution in [0.1, 0.15) is 30.2 Å². The number of morpholine rings is 1. The molecule has 132 valence electrons. The van der Waals surface area contributed by atoms with Crippen LogP contribution in [0.3, 0.4) is 0 Å². The van der Waals surface area contributed by atoms with Gasteiger partial charge in [-0.25, -0.2) is 4.98 Å². The lowest BCUT2D eigenvalue weighted by Gasteiger charge is -2.35. The predicted octanol–water partition coefficient (Wildman–Crippen LogP) is 1.52. The van der Waals surface area contributed by atoms with Crippen LogP contribution < -0.4 is 4.74 Å². The summed E-state index contributed by atoms with van der Waals surface area (Å²) >= 11 is 0. The summed E-state index contributed by atoms with van der Waals surface area (Å²) in [6.45, 7) is 4.02. The standard InChI is InChI=1S/C18H22N4O3/c1-2-16-19-17(21-20-16)15-10-22(7-8-24-15)18(23)13-9-12-5-3-4-6-14(12)25-11-13/h3-6,13,15H,2,7-11H2,1H3,(H,19,20,21)/t13-,15-/m1/s1. The smallest absolute Gasteiger partial charge is 0.229 e. The molecule has 7 nitrogen and oxygen atoms in total. The van der Waals surface area contributed by atoms with Gasteiger partial charge >= 0.3 is 0 Å². The van der Waals surface area contributed by atoms with Crippen molar-refractivity contribution in [2.45, 2.75) is 25.9 Å². The molecule has 25 heavy (non-hydrogen) atoms. The van der Waals surface area contributed by atoms with Crippen LogP contribution in [0.2, 0.25) is 0 Å². The van der Waals surface area contributed by atoms with E-state index in [4.69, 9.17) is 9.47 Å². The van der Waals surface area contributed by atoms with Gasteiger partial charge in [-0.1, -0.05) is 25.1 Å². The highest BCUT2D eigenvalue weighted by molar-refractivity contribution is 5.80. The molecule has 2 aliphatic rings. The highest BCUT2D eigenvalue weighted by Crippen LogP contribution is 2.29. The Balaban J connectivity index is 1.43. The van der Waals surface area contributed by atoms with Crippen molar-refractivity contribution in [3.63, 3.8) is 0 Å². The fraction of sp³-hybridized carbons (Fsp3) is 0.500. The van der Waals surface area contributed by atoms with Crippen molar-refractivity contribution < 1.29 is 14.3 Å². The second-order valence-corrected chi connectivity index (χ2v) is 6.46. The molecule has 2 aliphatic heterocycles. The number of nitrogens with one attached hydrogen (secondary N) is 1. The van der Waals surface area contributed by atoms with Crippen LogP contribution in [0.15, 0.2) is 24.3 Å². The number of rotatable bonds is 3. The molecule has 1 aromatic heterocycles. The van der Waals surface area contributed by atoms with Crippen LogP contribution in [-0.2, 0) is 22.4 Å². The molecule has 2 atom stereocenters. The van der Waals surface area contributed by atoms with Gasteiger partial charge in [0.15, 0.2) is 5.82 Å². The number of carbonyl (C=O) groups is 1. The molecule has 0 aliphatic carbocycles. The van der Waals surface area contributed by atoms with Gasteiger partial charge in [-0.3, -0.25) is 9.89 Å². The van der Waals surface area contributed by atoms with Crippen molar-refractivity contribution in [1.82, 2.24) is 20.1 Å². The number of ether oxygens (including phenoxy) is 2. The molecule has 1 fully saturated rings. The average Bonchev–Trinajstić information content (AvgIpc) is 3.16. The van der Waals surface area contributed by atoms with Gasteiger partial charge in [0, 0.05) is 13.0 Å². The largest absolute Gasteiger partial charge is 0.492 e. The van der Waals surface area contributed by atoms with Crippen molar-refractivity contribution in [3.8, 4) is 5.75 Å². The monoisotopic (exact) mass is 342 g/mol. The van der Waals surface area contributed by atoms with Crippen LogP contribution in [-0.4, -0.2) is 52.3 Å². The Morgan fingerprint density at radius 2 is 2.28 bits per heavy atom. The minimum Gasteiger partial charge on any atom is -0.492 e. The molecule has 0 saturated carbocycles. The van der Waals surface area contributed by atoms with Gasteiger partial charge in [0.25, 0.3) is 0 Å². The second-order valence-electron chi connectivity index (χ2n) is 6.46. The van der Waals surface area contributed by atoms with E-state index in [1.807, 2.05) is 36.1 Å². The predicted molar refractivity (Wildman–Crippen MR) is 90.2 cm³/mol. The zero-order valence-corrected chi connectivity index (χ0v) is 14.3. The number of aromatic nitrogens is 3. The number of aromatic amines is 1. The zero-order chi connectivity index (χ0) is 17.2. The van der Waals surface area contributed by atoms with Gasteiger partial charge in [-0.15, -0.1) is 0 Å². The number of amides is 1. The third-order valence-electron chi connectivity index (χ3n) is 4.78. The fourth-order valence-corrected chi connectivity index (χ4v) is 3.36. The molecule has 1 saturated heterocycles. The van der Waals surface area contributed by atoms with Gasteiger partial charge in [0.05, 0.1) is 19.1 Å². The van der Waals surface area contributed by atoms with Crippen molar-refractivity contribution in [3.05, 3.63) is 41.5 Å². The van der Waals surface area contributed by atoms with E-state index in [0.29, 0.717) is 32.1 Å². The molecule has 3 heterocycles. The third kappa shape index (κ3) is 3.24. The maximum absolute atomic E-state index is 12.9. The Labute approximate surface area is 146 Å². The van der Waals surface area contributed by atoms with Gasteiger partial charge in [-0.2, -0.15) is 5.10 Å². The Morgan fingerprint density at radius 1 is 1.40 bits per heavy atom. The summed E-state index contributed by atoms with van der Waals surface area (Å²) < 4.78 is 11.5. The summed E-state index contributed by atoms with van der Waals surface area (Å²) in [6.07, 6.45) is 1.24. The normalized spacial score (nSPS) is 23.0. The summed E-state index contributed by atoms with van der Waals surface area (Å²) in [6, 6.07) is 7.91. The van der Waals surface area contributed by atoms with Crippen molar-refractivity contribution in [1.29, 1.82) is 0 Å². The van der Waals surface area contributed by atoms with Crippen LogP contribution >= 0.6 is 0 Å². The molecule has 4 rings (SSSR count). The van der Waals surface area contributed by atoms with Gasteiger partial charge in [-0.05, 0) is 18.1 Å². The van der Waals surface area contributed by atoms with Crippen LogP contribution in [0.4, 0.5) is 0 Å². The summed E-state index contributed by atoms with van der Waals surface area (Å²) in [5, 5.41) is 7.13. The molecular formula is C18H22N4O3. The zero-order valence-electron chi connectivity index (χ0n) is 14.3. The molecule has 0 bridgehead atoms. The minimum absolute atomic E-state index is 0.119. The lowest BCUT2D eigenvalue weighted by molar-refractivity contribution is -0.145. The maximum Gasteiger partial charge on any atom is 0.229 e. The summed E-state index contributed by atoms with van der Waals surface area (Å²) in [7, 11) is 0. The van der Waals surface area contributed by atoms with E-state index in [1.165, 1.54) is 0 Å². The lowest BCUT2D eigenvalue weighted by Crippen LogP contribution is -2.47. The summed E-state index contributed by atoms with van der Waals surface area (Å²) in [5.41, 5.74) is 1.10. The first-order chi connectivity index (χ1) is 12.2. The van der Waals surface area contributed by atoms with E-state index in [0.717, 1.165) is 30.0 Å². The number of para-hydroxylation sites is 1. The molecule has 0 spiro atoms. The molecule has 7 heteroatoms. The SMILES string of the molecule is CCc1nc([C@H]2CN(C(=O)[C@H]3COc4ccccc4C3)CCO2)n[nH]1. The molecule has 0 radical (unpaired) electrons. The van der Waals surface area contributed by atoms with Gasteiger partial charge in [0.1, 0.15) is 24.3 Å². The molecule has 1 amide bonds. The van der Waals surface area contributed by atoms with E-state index in [1.54, 1.807) is 0 Å². The Hall–Kier alpha value is -2.41. The first kappa shape index (κ1) is 16.1. The number of carbonyl (C=O) groups excluding carboxylic acids is 1. The van der Waals surface area contributed by atoms with Crippen molar-refractivity contribution in [2.75, 3.05) is 26.3 Å². The second kappa shape index (κ2) is 6.84. The molecule has 0 unspecified atom stereocenters. The highest BCUT2D eigenvalue weighted by atomic mass is 16.5. The number of fused-ring (bicyclic) bond motifs is 1. The topological polar surface area (TPSA) is 80.3 Å². The summed E-state index contributed by atoms with van der Waals surface area (Å²) in [5.74, 6) is 2.32. The maximum atomic E-state index is 12.9. The van der Waals surface area contributed by atoms with E-state index in [2.05, 4.69) is 15.2 Å². The highest BCUT2D eigenvalue weighted by Gasteiger charge is 2.34. The van der Waals surface area contributed by atoms with E-state index >= 15 is 0 Å². The van der Waals surface area contributed by atoms with E-state index in [-0.39, 0.29) is 17.9 Å². The molecular weight excluding hydrogens is 320 g/mol. The number of hydrogen-bond acceptors (Lipinski definition) is 5. The van der Waals surface area contributed by atoms with Crippen molar-refractivity contribution >= 4 is 5.91 Å². The van der Waals surface area contributed by atoms with Gasteiger partial charge in [0.2, 0.25) is 5.91 Å². The van der Waals surface area contributed by atoms with Gasteiger partial charge < -0.3 is 14.4 Å². The van der Waals surface area contributed by atoms with E-state index in [9.17, 15) is 4.79 Å². The number of H-pyrrole nitrogens is 1. The Morgan fingerprint density at radius 3 is 3.12 bits per heavy atom. The number of hydrogen-bond donors (Lipinski definition) is 1. The Kier molecular flexibility index (Phi) is 4.40. The molecule has 2 aromatic rings. The quantitative estimate of drug-likeness (QED) is 0.915. The number of aryl methyl sites for hydroxylation is 1. The Bertz CT molecular complexity index is 760. The first-order valence-electron chi connectivity index (χ1n) is 8.77. The van der Waals surface area contributed by atoms with Crippen LogP contribution in [0.25, 0.3) is 0 Å². The minimum atomic E-state index is -0.272. The molecule has 1 aromatic carbocycles. The van der Waals surface area contributed by atoms with E-state index < -0.39 is 0 Å². The number of benzene rings is 1. The third-order valence-corrected chi connectivity index (χ3v) is 4.78. The average molecular weight is 342 g/mol. The van der Waals surface area contributed by atoms with Crippen molar-refractivity contribution in [2.24, 2.45) is 5.92 Å². The molecule has 1 N–H and O–H groups in total. The first-order valence-corrected chi connectivity index (χ1v) is 8.77. The van der Waals surface area contributed by atoms with Crippen LogP contribution in [0, 0.1) is 5.92 Å². The summed E-state index contributed by atoms with van der Waals surface area (Å²) in [4.78, 5) is 19.2.